The average molecular weight is 322 g/mol. The molecule has 2 heterocycles. The minimum atomic E-state index is -0.338. The van der Waals surface area contributed by atoms with Gasteiger partial charge in [-0.25, -0.2) is 0 Å². The molecule has 1 aliphatic heterocycles. The summed E-state index contributed by atoms with van der Waals surface area (Å²) in [6, 6.07) is 11.9. The molecule has 1 saturated heterocycles. The lowest BCUT2D eigenvalue weighted by Gasteiger charge is -2.08. The number of benzene rings is 1. The molecule has 1 fully saturated rings. The van der Waals surface area contributed by atoms with E-state index in [-0.39, 0.29) is 17.7 Å². The van der Waals surface area contributed by atoms with E-state index in [1.807, 2.05) is 54.1 Å². The fraction of sp³-hybridized carbons (Fsp3) is 0.111. The van der Waals surface area contributed by atoms with Gasteiger partial charge in [-0.3, -0.25) is 14.5 Å². The second-order valence-electron chi connectivity index (χ2n) is 5.11. The molecule has 1 aliphatic rings. The van der Waals surface area contributed by atoms with Gasteiger partial charge in [0.15, 0.2) is 0 Å². The Morgan fingerprint density at radius 3 is 2.65 bits per heavy atom. The van der Waals surface area contributed by atoms with E-state index in [4.69, 9.17) is 6.42 Å². The van der Waals surface area contributed by atoms with Crippen LogP contribution in [0.4, 0.5) is 4.79 Å². The first-order valence-corrected chi connectivity index (χ1v) is 7.85. The van der Waals surface area contributed by atoms with Crippen molar-refractivity contribution in [1.82, 2.24) is 9.47 Å². The Balaban J connectivity index is 1.94. The number of amides is 2. The highest BCUT2D eigenvalue weighted by Crippen LogP contribution is 2.32. The van der Waals surface area contributed by atoms with E-state index in [0.29, 0.717) is 4.91 Å². The van der Waals surface area contributed by atoms with Gasteiger partial charge in [0.1, 0.15) is 0 Å². The van der Waals surface area contributed by atoms with Gasteiger partial charge in [0.2, 0.25) is 0 Å². The van der Waals surface area contributed by atoms with Crippen molar-refractivity contribution >= 4 is 29.0 Å². The molecule has 23 heavy (non-hydrogen) atoms. The molecule has 4 nitrogen and oxygen atoms in total. The largest absolute Gasteiger partial charge is 0.317 e. The lowest BCUT2D eigenvalue weighted by molar-refractivity contribution is -0.122. The van der Waals surface area contributed by atoms with Crippen LogP contribution in [0.15, 0.2) is 47.5 Å². The molecule has 0 atom stereocenters. The van der Waals surface area contributed by atoms with Gasteiger partial charge in [-0.2, -0.15) is 0 Å². The number of terminal acetylenes is 1. The zero-order valence-electron chi connectivity index (χ0n) is 12.5. The maximum atomic E-state index is 12.2. The lowest BCUT2D eigenvalue weighted by Crippen LogP contribution is -2.28. The Kier molecular flexibility index (Phi) is 4.09. The number of aromatic nitrogens is 1. The molecule has 114 valence electrons. The molecule has 2 aromatic rings. The summed E-state index contributed by atoms with van der Waals surface area (Å²) in [6.07, 6.45) is 8.84. The maximum absolute atomic E-state index is 12.2. The van der Waals surface area contributed by atoms with Gasteiger partial charge in [0, 0.05) is 17.6 Å². The Morgan fingerprint density at radius 2 is 1.96 bits per heavy atom. The van der Waals surface area contributed by atoms with Gasteiger partial charge in [-0.05, 0) is 49.0 Å². The number of imide groups is 1. The summed E-state index contributed by atoms with van der Waals surface area (Å²) < 4.78 is 1.97. The molecular weight excluding hydrogens is 308 g/mol. The summed E-state index contributed by atoms with van der Waals surface area (Å²) in [7, 11) is 0. The highest BCUT2D eigenvalue weighted by Gasteiger charge is 2.34. The van der Waals surface area contributed by atoms with Crippen LogP contribution >= 0.6 is 11.8 Å². The molecule has 1 aromatic heterocycles. The summed E-state index contributed by atoms with van der Waals surface area (Å²) in [6.45, 7) is 2.03. The van der Waals surface area contributed by atoms with Crippen LogP contribution < -0.4 is 0 Å². The molecule has 0 spiro atoms. The molecule has 0 N–H and O–H groups in total. The SMILES string of the molecule is C#CCN1C(=O)S/C(=C/c2cccn2-c2ccc(C)cc2)C1=O. The van der Waals surface area contributed by atoms with Crippen LogP contribution in [0.2, 0.25) is 0 Å². The maximum Gasteiger partial charge on any atom is 0.294 e. The third-order valence-electron chi connectivity index (χ3n) is 3.49. The Hall–Kier alpha value is -2.71. The zero-order valence-corrected chi connectivity index (χ0v) is 13.3. The quantitative estimate of drug-likeness (QED) is 0.642. The van der Waals surface area contributed by atoms with E-state index in [0.717, 1.165) is 28.0 Å². The Labute approximate surface area is 138 Å². The van der Waals surface area contributed by atoms with Crippen LogP contribution in [-0.2, 0) is 4.79 Å². The van der Waals surface area contributed by atoms with E-state index >= 15 is 0 Å². The average Bonchev–Trinajstić information content (AvgIpc) is 3.09. The van der Waals surface area contributed by atoms with Crippen LogP contribution in [0.1, 0.15) is 11.3 Å². The van der Waals surface area contributed by atoms with Crippen LogP contribution in [-0.4, -0.2) is 27.2 Å². The fourth-order valence-electron chi connectivity index (χ4n) is 2.31. The van der Waals surface area contributed by atoms with E-state index < -0.39 is 0 Å². The van der Waals surface area contributed by atoms with Crippen molar-refractivity contribution in [2.75, 3.05) is 6.54 Å². The van der Waals surface area contributed by atoms with Crippen LogP contribution in [0.25, 0.3) is 11.8 Å². The number of thioether (sulfide) groups is 1. The summed E-state index contributed by atoms with van der Waals surface area (Å²) in [4.78, 5) is 25.5. The number of rotatable bonds is 3. The van der Waals surface area contributed by atoms with E-state index in [2.05, 4.69) is 5.92 Å². The molecule has 2 amide bonds. The normalized spacial score (nSPS) is 16.2. The monoisotopic (exact) mass is 322 g/mol. The molecule has 0 aliphatic carbocycles. The summed E-state index contributed by atoms with van der Waals surface area (Å²) in [5, 5.41) is -0.326. The van der Waals surface area contributed by atoms with E-state index in [1.54, 1.807) is 6.08 Å². The van der Waals surface area contributed by atoms with Crippen molar-refractivity contribution in [2.45, 2.75) is 6.92 Å². The summed E-state index contributed by atoms with van der Waals surface area (Å²) in [5.74, 6) is 1.99. The zero-order chi connectivity index (χ0) is 16.4. The number of aryl methyl sites for hydroxylation is 1. The summed E-state index contributed by atoms with van der Waals surface area (Å²) >= 11 is 0.916. The van der Waals surface area contributed by atoms with Crippen molar-refractivity contribution < 1.29 is 9.59 Å². The van der Waals surface area contributed by atoms with Crippen molar-refractivity contribution in [3.63, 3.8) is 0 Å². The molecular formula is C18H14N2O2S. The highest BCUT2D eigenvalue weighted by atomic mass is 32.2. The molecule has 5 heteroatoms. The Morgan fingerprint density at radius 1 is 1.22 bits per heavy atom. The molecule has 0 unspecified atom stereocenters. The number of carbonyl (C=O) groups is 2. The van der Waals surface area contributed by atoms with Crippen molar-refractivity contribution in [1.29, 1.82) is 0 Å². The van der Waals surface area contributed by atoms with Crippen molar-refractivity contribution in [3.8, 4) is 18.0 Å². The fourth-order valence-corrected chi connectivity index (χ4v) is 3.14. The van der Waals surface area contributed by atoms with E-state index in [9.17, 15) is 9.59 Å². The third kappa shape index (κ3) is 2.94. The minimum Gasteiger partial charge on any atom is -0.317 e. The first-order valence-electron chi connectivity index (χ1n) is 7.03. The predicted molar refractivity (Wildman–Crippen MR) is 92.0 cm³/mol. The second-order valence-corrected chi connectivity index (χ2v) is 6.10. The number of carbonyl (C=O) groups excluding carboxylic acids is 2. The van der Waals surface area contributed by atoms with Gasteiger partial charge in [0.25, 0.3) is 11.1 Å². The third-order valence-corrected chi connectivity index (χ3v) is 4.40. The predicted octanol–water partition coefficient (Wildman–Crippen LogP) is 3.46. The van der Waals surface area contributed by atoms with Gasteiger partial charge >= 0.3 is 0 Å². The van der Waals surface area contributed by atoms with Crippen LogP contribution in [0.5, 0.6) is 0 Å². The van der Waals surface area contributed by atoms with Gasteiger partial charge in [-0.15, -0.1) is 6.42 Å². The van der Waals surface area contributed by atoms with Gasteiger partial charge < -0.3 is 4.57 Å². The summed E-state index contributed by atoms with van der Waals surface area (Å²) in [5.41, 5.74) is 3.01. The first-order chi connectivity index (χ1) is 11.1. The van der Waals surface area contributed by atoms with Crippen molar-refractivity contribution in [3.05, 3.63) is 58.8 Å². The standard InChI is InChI=1S/C18H14N2O2S/c1-3-10-20-17(21)16(23-18(20)22)12-15-5-4-11-19(15)14-8-6-13(2)7-9-14/h1,4-9,11-12H,10H2,2H3/b16-12+. The molecule has 0 bridgehead atoms. The highest BCUT2D eigenvalue weighted by molar-refractivity contribution is 8.18. The van der Waals surface area contributed by atoms with Crippen LogP contribution in [0.3, 0.4) is 0 Å². The second kappa shape index (κ2) is 6.19. The van der Waals surface area contributed by atoms with Crippen LogP contribution in [0, 0.1) is 19.3 Å². The van der Waals surface area contributed by atoms with Crippen molar-refractivity contribution in [2.24, 2.45) is 0 Å². The van der Waals surface area contributed by atoms with Gasteiger partial charge in [0.05, 0.1) is 11.4 Å². The molecule has 0 saturated carbocycles. The number of hydrogen-bond acceptors (Lipinski definition) is 3. The Bertz CT molecular complexity index is 841. The van der Waals surface area contributed by atoms with Gasteiger partial charge in [-0.1, -0.05) is 23.6 Å². The molecule has 3 rings (SSSR count). The minimum absolute atomic E-state index is 0.000973. The number of nitrogens with zero attached hydrogens (tertiary/aromatic N) is 2. The topological polar surface area (TPSA) is 42.3 Å². The first kappa shape index (κ1) is 15.2. The molecule has 0 radical (unpaired) electrons. The lowest BCUT2D eigenvalue weighted by atomic mass is 10.2. The number of hydrogen-bond donors (Lipinski definition) is 0. The molecule has 1 aromatic carbocycles. The smallest absolute Gasteiger partial charge is 0.294 e. The van der Waals surface area contributed by atoms with E-state index in [1.165, 1.54) is 5.56 Å².